The van der Waals surface area contributed by atoms with Gasteiger partial charge in [0.2, 0.25) is 5.69 Å². The van der Waals surface area contributed by atoms with Crippen molar-refractivity contribution in [3.05, 3.63) is 83.6 Å². The number of unbranched alkanes of at least 4 members (excludes halogenated alkanes) is 4. The molecule has 4 aliphatic heterocycles. The van der Waals surface area contributed by atoms with Crippen LogP contribution in [0.25, 0.3) is 0 Å². The van der Waals surface area contributed by atoms with Crippen LogP contribution in [0.3, 0.4) is 0 Å². The molecule has 2 aromatic rings. The van der Waals surface area contributed by atoms with E-state index in [4.69, 9.17) is 9.68 Å². The van der Waals surface area contributed by atoms with E-state index in [0.717, 1.165) is 22.8 Å². The number of anilines is 1. The molecule has 348 valence electrons. The Morgan fingerprint density at radius 1 is 0.708 bits per heavy atom. The van der Waals surface area contributed by atoms with Crippen LogP contribution in [0.4, 0.5) is 11.4 Å². The summed E-state index contributed by atoms with van der Waals surface area (Å²) in [6, 6.07) is 8.72. The number of amides is 4. The molecule has 2 fully saturated rings. The highest BCUT2D eigenvalue weighted by Crippen LogP contribution is 2.49. The molecular weight excluding hydrogens is 885 g/mol. The van der Waals surface area contributed by atoms with Gasteiger partial charge in [-0.1, -0.05) is 38.5 Å². The SMILES string of the molecule is CC1(C)C(C=C/C=C/C=C2\N(CCCCCC(=O)ON3C(=O)CCC3=O)c3ccc(S(=O)(=O)O)cc3C2(C)C)=[N+](CCCCCC(=O)ON2C(=O)CCC2=O)c2ccc(S(=O)(=O)[O-])cc21. The summed E-state index contributed by atoms with van der Waals surface area (Å²) < 4.78 is 72.2. The van der Waals surface area contributed by atoms with E-state index in [9.17, 15) is 54.7 Å². The number of carbonyl (C=O) groups excluding carboxylic acids is 6. The smallest absolute Gasteiger partial charge is 0.333 e. The van der Waals surface area contributed by atoms with Crippen LogP contribution in [0.1, 0.15) is 116 Å². The van der Waals surface area contributed by atoms with E-state index >= 15 is 0 Å². The number of benzene rings is 2. The Kier molecular flexibility index (Phi) is 14.5. The van der Waals surface area contributed by atoms with Crippen LogP contribution >= 0.6 is 0 Å². The Hall–Kier alpha value is -5.83. The molecule has 20 heteroatoms. The minimum absolute atomic E-state index is 0.000678. The number of allylic oxidation sites excluding steroid dienone is 6. The molecule has 0 atom stereocenters. The molecule has 4 heterocycles. The monoisotopic (exact) mass is 936 g/mol. The van der Waals surface area contributed by atoms with Crippen molar-refractivity contribution in [2.75, 3.05) is 18.0 Å². The molecule has 18 nitrogen and oxygen atoms in total. The number of imide groups is 2. The van der Waals surface area contributed by atoms with Crippen LogP contribution in [0, 0.1) is 0 Å². The number of nitrogens with zero attached hydrogens (tertiary/aromatic N) is 4. The van der Waals surface area contributed by atoms with Crippen molar-refractivity contribution >= 4 is 72.9 Å². The maximum atomic E-state index is 12.4. The highest BCUT2D eigenvalue weighted by atomic mass is 32.2. The van der Waals surface area contributed by atoms with E-state index in [-0.39, 0.29) is 48.3 Å². The zero-order valence-electron chi connectivity index (χ0n) is 36.6. The van der Waals surface area contributed by atoms with Crippen molar-refractivity contribution in [2.45, 2.75) is 125 Å². The molecule has 0 aromatic heterocycles. The van der Waals surface area contributed by atoms with Gasteiger partial charge in [-0.15, -0.1) is 10.1 Å². The van der Waals surface area contributed by atoms with Crippen molar-refractivity contribution in [3.63, 3.8) is 0 Å². The fourth-order valence-corrected chi connectivity index (χ4v) is 9.51. The molecule has 0 radical (unpaired) electrons. The number of carbonyl (C=O) groups is 6. The van der Waals surface area contributed by atoms with E-state index in [1.165, 1.54) is 24.3 Å². The maximum absolute atomic E-state index is 12.4. The molecule has 65 heavy (non-hydrogen) atoms. The highest BCUT2D eigenvalue weighted by molar-refractivity contribution is 7.86. The van der Waals surface area contributed by atoms with Crippen molar-refractivity contribution in [1.82, 2.24) is 10.1 Å². The van der Waals surface area contributed by atoms with Crippen molar-refractivity contribution < 1.29 is 69.0 Å². The van der Waals surface area contributed by atoms with Crippen LogP contribution in [-0.2, 0) is 69.5 Å². The fourth-order valence-electron chi connectivity index (χ4n) is 8.51. The minimum atomic E-state index is -4.74. The Labute approximate surface area is 377 Å². The normalized spacial score (nSPS) is 18.9. The third-order valence-electron chi connectivity index (χ3n) is 12.0. The summed E-state index contributed by atoms with van der Waals surface area (Å²) in [6.45, 7) is 8.67. The Morgan fingerprint density at radius 2 is 1.25 bits per heavy atom. The van der Waals surface area contributed by atoms with E-state index in [1.807, 2.05) is 62.7 Å². The Bertz CT molecular complexity index is 2630. The summed E-state index contributed by atoms with van der Waals surface area (Å²) in [5.41, 5.74) is 2.96. The van der Waals surface area contributed by atoms with Gasteiger partial charge in [0.25, 0.3) is 33.7 Å². The van der Waals surface area contributed by atoms with Gasteiger partial charge in [-0.25, -0.2) is 18.0 Å². The number of rotatable bonds is 19. The first-order chi connectivity index (χ1) is 30.5. The molecule has 0 spiro atoms. The second-order valence-electron chi connectivity index (χ2n) is 17.2. The highest BCUT2D eigenvalue weighted by Gasteiger charge is 2.45. The second-order valence-corrected chi connectivity index (χ2v) is 20.0. The molecule has 0 bridgehead atoms. The predicted octanol–water partition coefficient (Wildman–Crippen LogP) is 5.34. The van der Waals surface area contributed by atoms with E-state index in [1.54, 1.807) is 12.1 Å². The quantitative estimate of drug-likeness (QED) is 0.0614. The lowest BCUT2D eigenvalue weighted by Gasteiger charge is -2.27. The largest absolute Gasteiger partial charge is 0.744 e. The Balaban J connectivity index is 1.18. The second kappa shape index (κ2) is 19.3. The van der Waals surface area contributed by atoms with Crippen LogP contribution in [0.15, 0.2) is 82.3 Å². The van der Waals surface area contributed by atoms with Crippen LogP contribution in [0.2, 0.25) is 0 Å². The van der Waals surface area contributed by atoms with Gasteiger partial charge in [0.05, 0.1) is 15.2 Å². The first-order valence-corrected chi connectivity index (χ1v) is 24.2. The van der Waals surface area contributed by atoms with Gasteiger partial charge in [-0.05, 0) is 81.5 Å². The summed E-state index contributed by atoms with van der Waals surface area (Å²) in [4.78, 5) is 83.4. The van der Waals surface area contributed by atoms with Gasteiger partial charge in [-0.3, -0.25) is 23.7 Å². The summed E-state index contributed by atoms with van der Waals surface area (Å²) >= 11 is 0. The van der Waals surface area contributed by atoms with Crippen molar-refractivity contribution in [1.29, 1.82) is 0 Å². The zero-order valence-corrected chi connectivity index (χ0v) is 38.2. The lowest BCUT2D eigenvalue weighted by molar-refractivity contribution is -0.438. The van der Waals surface area contributed by atoms with E-state index in [2.05, 4.69) is 4.90 Å². The van der Waals surface area contributed by atoms with Crippen molar-refractivity contribution in [3.8, 4) is 0 Å². The first-order valence-electron chi connectivity index (χ1n) is 21.4. The summed E-state index contributed by atoms with van der Waals surface area (Å²) in [5, 5.41) is 1.04. The number of hydroxylamine groups is 4. The van der Waals surface area contributed by atoms with Crippen LogP contribution in [0.5, 0.6) is 0 Å². The average molecular weight is 937 g/mol. The minimum Gasteiger partial charge on any atom is -0.744 e. The molecule has 0 unspecified atom stereocenters. The average Bonchev–Trinajstić information content (AvgIpc) is 3.86. The Morgan fingerprint density at radius 3 is 1.80 bits per heavy atom. The van der Waals surface area contributed by atoms with Gasteiger partial charge < -0.3 is 19.1 Å². The summed E-state index contributed by atoms with van der Waals surface area (Å²) in [6.07, 6.45) is 12.5. The van der Waals surface area contributed by atoms with Crippen LogP contribution in [-0.4, -0.2) is 95.0 Å². The van der Waals surface area contributed by atoms with Crippen LogP contribution < -0.4 is 4.90 Å². The summed E-state index contributed by atoms with van der Waals surface area (Å²) in [5.74, 6) is -3.58. The van der Waals surface area contributed by atoms with Gasteiger partial charge in [0, 0.05) is 86.0 Å². The molecule has 0 saturated carbocycles. The fraction of sp³-hybridized carbons (Fsp3) is 0.444. The lowest BCUT2D eigenvalue weighted by Crippen LogP contribution is -2.32. The first kappa shape index (κ1) is 48.6. The lowest BCUT2D eigenvalue weighted by atomic mass is 9.81. The molecule has 4 aliphatic rings. The molecule has 2 aromatic carbocycles. The molecular formula is C45H52N4O14S2. The van der Waals surface area contributed by atoms with E-state index < -0.39 is 66.6 Å². The molecule has 0 aliphatic carbocycles. The number of hydrogen-bond donors (Lipinski definition) is 1. The number of hydrogen-bond acceptors (Lipinski definition) is 14. The van der Waals surface area contributed by atoms with Gasteiger partial charge in [0.1, 0.15) is 16.7 Å². The molecule has 6 rings (SSSR count). The van der Waals surface area contributed by atoms with Gasteiger partial charge >= 0.3 is 11.9 Å². The molecule has 2 saturated heterocycles. The van der Waals surface area contributed by atoms with Crippen molar-refractivity contribution in [2.24, 2.45) is 0 Å². The third kappa shape index (κ3) is 10.8. The predicted molar refractivity (Wildman–Crippen MR) is 232 cm³/mol. The molecule has 1 N–H and O–H groups in total. The topological polar surface area (TPSA) is 245 Å². The standard InChI is InChI=1S/C45H52N4O14S2/c1-44(2)32-28-30(64(56,57)58)18-20-34(32)46(26-12-6-10-16-42(54)62-48-38(50)22-23-39(48)51)36(44)14-8-5-9-15-37-45(3,4)33-29-31(65(59,60)61)19-21-35(33)47(37)27-13-7-11-17-43(55)63-49-40(52)24-25-41(49)53/h5,8-9,14-15,18-21,28-29H,6-7,10-13,16-17,22-27H2,1-4H3,(H-,56,57,58,59,60,61). The van der Waals surface area contributed by atoms with E-state index in [0.29, 0.717) is 72.9 Å². The third-order valence-corrected chi connectivity index (χ3v) is 13.6. The summed E-state index contributed by atoms with van der Waals surface area (Å²) in [7, 11) is -9.24. The maximum Gasteiger partial charge on any atom is 0.333 e. The van der Waals surface area contributed by atoms with Gasteiger partial charge in [-0.2, -0.15) is 13.0 Å². The molecule has 4 amide bonds. The number of fused-ring (bicyclic) bond motifs is 2. The van der Waals surface area contributed by atoms with Gasteiger partial charge in [0.15, 0.2) is 5.71 Å². The zero-order chi connectivity index (χ0) is 47.5.